The molecule has 0 amide bonds. The van der Waals surface area contributed by atoms with E-state index in [0.717, 1.165) is 15.4 Å². The Morgan fingerprint density at radius 3 is 2.67 bits per heavy atom. The predicted octanol–water partition coefficient (Wildman–Crippen LogP) is 2.94. The number of nitrogens with zero attached hydrogens (tertiary/aromatic N) is 1. The molecule has 18 heavy (non-hydrogen) atoms. The first-order chi connectivity index (χ1) is 8.69. The molecule has 0 aliphatic carbocycles. The number of rotatable bonds is 4. The van der Waals surface area contributed by atoms with Gasteiger partial charge >= 0.3 is 0 Å². The number of halogens is 1. The summed E-state index contributed by atoms with van der Waals surface area (Å²) in [6.45, 7) is 0.485. The highest BCUT2D eigenvalue weighted by Gasteiger charge is 2.13. The molecule has 0 bridgehead atoms. The Morgan fingerprint density at radius 2 is 2.11 bits per heavy atom. The highest BCUT2D eigenvalue weighted by molar-refractivity contribution is 7.15. The van der Waals surface area contributed by atoms with Crippen molar-refractivity contribution in [3.8, 4) is 22.1 Å². The van der Waals surface area contributed by atoms with E-state index in [2.05, 4.69) is 4.98 Å². The summed E-state index contributed by atoms with van der Waals surface area (Å²) in [5, 5.41) is 1.36. The topological polar surface area (TPSA) is 57.4 Å². The van der Waals surface area contributed by atoms with Gasteiger partial charge in [-0.1, -0.05) is 11.6 Å². The molecular weight excluding hydrogens is 272 g/mol. The maximum Gasteiger partial charge on any atom is 0.179 e. The summed E-state index contributed by atoms with van der Waals surface area (Å²) < 4.78 is 10.4. The second-order valence-electron chi connectivity index (χ2n) is 3.53. The van der Waals surface area contributed by atoms with Gasteiger partial charge in [-0.3, -0.25) is 0 Å². The van der Waals surface area contributed by atoms with Crippen LogP contribution >= 0.6 is 22.9 Å². The maximum atomic E-state index is 6.15. The SMILES string of the molecule is COc1cc(-c2ncc(CN)s2)cc(Cl)c1OC. The van der Waals surface area contributed by atoms with Gasteiger partial charge in [-0.25, -0.2) is 4.98 Å². The van der Waals surface area contributed by atoms with Crippen LogP contribution in [0.1, 0.15) is 4.88 Å². The van der Waals surface area contributed by atoms with Crippen molar-refractivity contribution in [2.75, 3.05) is 14.2 Å². The van der Waals surface area contributed by atoms with Crippen molar-refractivity contribution in [3.63, 3.8) is 0 Å². The van der Waals surface area contributed by atoms with Gasteiger partial charge in [-0.05, 0) is 12.1 Å². The normalized spacial score (nSPS) is 10.4. The first-order valence-electron chi connectivity index (χ1n) is 5.26. The van der Waals surface area contributed by atoms with Crippen LogP contribution in [-0.4, -0.2) is 19.2 Å². The van der Waals surface area contributed by atoms with Crippen molar-refractivity contribution >= 4 is 22.9 Å². The van der Waals surface area contributed by atoms with E-state index in [4.69, 9.17) is 26.8 Å². The molecule has 0 radical (unpaired) electrons. The van der Waals surface area contributed by atoms with Crippen LogP contribution < -0.4 is 15.2 Å². The Bertz CT molecular complexity index is 557. The molecule has 0 saturated carbocycles. The molecule has 2 rings (SSSR count). The van der Waals surface area contributed by atoms with Crippen molar-refractivity contribution in [2.45, 2.75) is 6.54 Å². The molecular formula is C12H13ClN2O2S. The Hall–Kier alpha value is -1.30. The molecule has 96 valence electrons. The van der Waals surface area contributed by atoms with Crippen molar-refractivity contribution < 1.29 is 9.47 Å². The minimum atomic E-state index is 0.485. The quantitative estimate of drug-likeness (QED) is 0.938. The van der Waals surface area contributed by atoms with Crippen LogP contribution in [0.15, 0.2) is 18.3 Å². The minimum absolute atomic E-state index is 0.485. The monoisotopic (exact) mass is 284 g/mol. The fourth-order valence-corrected chi connectivity index (χ4v) is 2.64. The standard InChI is InChI=1S/C12H13ClN2O2S/c1-16-10-4-7(3-9(13)11(10)17-2)12-15-6-8(5-14)18-12/h3-4,6H,5,14H2,1-2H3. The van der Waals surface area contributed by atoms with Crippen molar-refractivity contribution in [1.82, 2.24) is 4.98 Å². The molecule has 1 aromatic heterocycles. The average molecular weight is 285 g/mol. The Morgan fingerprint density at radius 1 is 1.33 bits per heavy atom. The van der Waals surface area contributed by atoms with E-state index in [1.807, 2.05) is 12.1 Å². The number of hydrogen-bond acceptors (Lipinski definition) is 5. The fourth-order valence-electron chi connectivity index (χ4n) is 1.58. The van der Waals surface area contributed by atoms with Gasteiger partial charge in [0.25, 0.3) is 0 Å². The van der Waals surface area contributed by atoms with Gasteiger partial charge in [0, 0.05) is 23.2 Å². The Balaban J connectivity index is 2.48. The summed E-state index contributed by atoms with van der Waals surface area (Å²) in [6, 6.07) is 3.66. The number of thiazole rings is 1. The van der Waals surface area contributed by atoms with E-state index >= 15 is 0 Å². The number of aromatic nitrogens is 1. The zero-order valence-corrected chi connectivity index (χ0v) is 11.6. The molecule has 6 heteroatoms. The number of nitrogens with two attached hydrogens (primary N) is 1. The van der Waals surface area contributed by atoms with E-state index in [1.165, 1.54) is 11.3 Å². The summed E-state index contributed by atoms with van der Waals surface area (Å²) in [6.07, 6.45) is 1.77. The third-order valence-electron chi connectivity index (χ3n) is 2.44. The summed E-state index contributed by atoms with van der Waals surface area (Å²) >= 11 is 7.69. The predicted molar refractivity (Wildman–Crippen MR) is 73.6 cm³/mol. The van der Waals surface area contributed by atoms with Gasteiger partial charge in [0.05, 0.1) is 19.2 Å². The van der Waals surface area contributed by atoms with E-state index in [1.54, 1.807) is 20.4 Å². The van der Waals surface area contributed by atoms with Crippen LogP contribution in [0.5, 0.6) is 11.5 Å². The summed E-state index contributed by atoms with van der Waals surface area (Å²) in [5.41, 5.74) is 6.46. The molecule has 4 nitrogen and oxygen atoms in total. The van der Waals surface area contributed by atoms with Crippen LogP contribution in [0, 0.1) is 0 Å². The number of hydrogen-bond donors (Lipinski definition) is 1. The molecule has 1 heterocycles. The average Bonchev–Trinajstić information content (AvgIpc) is 2.86. The molecule has 0 saturated heterocycles. The third-order valence-corrected chi connectivity index (χ3v) is 3.78. The highest BCUT2D eigenvalue weighted by Crippen LogP contribution is 2.39. The highest BCUT2D eigenvalue weighted by atomic mass is 35.5. The molecule has 0 fully saturated rings. The smallest absolute Gasteiger partial charge is 0.179 e. The van der Waals surface area contributed by atoms with Gasteiger partial charge in [-0.15, -0.1) is 11.3 Å². The molecule has 2 N–H and O–H groups in total. The summed E-state index contributed by atoms with van der Waals surface area (Å²) in [4.78, 5) is 5.34. The van der Waals surface area contributed by atoms with E-state index in [-0.39, 0.29) is 0 Å². The lowest BCUT2D eigenvalue weighted by molar-refractivity contribution is 0.355. The molecule has 1 aromatic carbocycles. The lowest BCUT2D eigenvalue weighted by Crippen LogP contribution is -1.92. The summed E-state index contributed by atoms with van der Waals surface area (Å²) in [5.74, 6) is 1.11. The van der Waals surface area contributed by atoms with Gasteiger partial charge < -0.3 is 15.2 Å². The van der Waals surface area contributed by atoms with Gasteiger partial charge in [0.2, 0.25) is 0 Å². The lowest BCUT2D eigenvalue weighted by atomic mass is 10.2. The van der Waals surface area contributed by atoms with Crippen LogP contribution in [0.25, 0.3) is 10.6 Å². The van der Waals surface area contributed by atoms with Crippen LogP contribution in [0.2, 0.25) is 5.02 Å². The number of benzene rings is 1. The van der Waals surface area contributed by atoms with Gasteiger partial charge in [0.15, 0.2) is 11.5 Å². The van der Waals surface area contributed by atoms with E-state index in [9.17, 15) is 0 Å². The van der Waals surface area contributed by atoms with Crippen LogP contribution in [0.4, 0.5) is 0 Å². The first-order valence-corrected chi connectivity index (χ1v) is 6.45. The number of methoxy groups -OCH3 is 2. The van der Waals surface area contributed by atoms with Crippen LogP contribution in [0.3, 0.4) is 0 Å². The Labute approximate surface area is 114 Å². The van der Waals surface area contributed by atoms with E-state index < -0.39 is 0 Å². The zero-order chi connectivity index (χ0) is 13.1. The largest absolute Gasteiger partial charge is 0.493 e. The maximum absolute atomic E-state index is 6.15. The number of ether oxygens (including phenoxy) is 2. The fraction of sp³-hybridized carbons (Fsp3) is 0.250. The van der Waals surface area contributed by atoms with Gasteiger partial charge in [-0.2, -0.15) is 0 Å². The first kappa shape index (κ1) is 13.1. The molecule has 0 aliphatic rings. The van der Waals surface area contributed by atoms with Gasteiger partial charge in [0.1, 0.15) is 5.01 Å². The third kappa shape index (κ3) is 2.43. The van der Waals surface area contributed by atoms with Crippen molar-refractivity contribution in [1.29, 1.82) is 0 Å². The zero-order valence-electron chi connectivity index (χ0n) is 10.1. The second kappa shape index (κ2) is 5.56. The Kier molecular flexibility index (Phi) is 4.06. The molecule has 2 aromatic rings. The summed E-state index contributed by atoms with van der Waals surface area (Å²) in [7, 11) is 3.13. The molecule has 0 atom stereocenters. The van der Waals surface area contributed by atoms with Crippen molar-refractivity contribution in [3.05, 3.63) is 28.2 Å². The second-order valence-corrected chi connectivity index (χ2v) is 5.05. The minimum Gasteiger partial charge on any atom is -0.493 e. The van der Waals surface area contributed by atoms with Crippen molar-refractivity contribution in [2.24, 2.45) is 5.73 Å². The molecule has 0 spiro atoms. The van der Waals surface area contributed by atoms with E-state index in [0.29, 0.717) is 23.1 Å². The molecule has 0 aliphatic heterocycles. The van der Waals surface area contributed by atoms with Crippen LogP contribution in [-0.2, 0) is 6.54 Å². The molecule has 0 unspecified atom stereocenters. The lowest BCUT2D eigenvalue weighted by Gasteiger charge is -2.10.